The lowest BCUT2D eigenvalue weighted by atomic mass is 10.1. The summed E-state index contributed by atoms with van der Waals surface area (Å²) in [6.45, 7) is 4.65. The quantitative estimate of drug-likeness (QED) is 0.894. The number of fused-ring (bicyclic) bond motifs is 1. The van der Waals surface area contributed by atoms with Crippen LogP contribution in [0, 0.1) is 0 Å². The van der Waals surface area contributed by atoms with Gasteiger partial charge in [-0.25, -0.2) is 0 Å². The third-order valence-corrected chi connectivity index (χ3v) is 4.38. The second-order valence-electron chi connectivity index (χ2n) is 6.16. The predicted molar refractivity (Wildman–Crippen MR) is 80.6 cm³/mol. The molecule has 1 N–H and O–H groups in total. The number of benzene rings is 1. The first-order valence-electron chi connectivity index (χ1n) is 7.47. The summed E-state index contributed by atoms with van der Waals surface area (Å²) < 4.78 is 0. The Morgan fingerprint density at radius 3 is 3.11 bits per heavy atom. The van der Waals surface area contributed by atoms with Gasteiger partial charge in [-0.1, -0.05) is 18.2 Å². The van der Waals surface area contributed by atoms with Crippen molar-refractivity contribution in [2.75, 3.05) is 39.0 Å². The molecule has 0 aliphatic carbocycles. The molecule has 2 aliphatic rings. The zero-order valence-corrected chi connectivity index (χ0v) is 12.2. The Labute approximate surface area is 116 Å². The zero-order valence-electron chi connectivity index (χ0n) is 12.2. The van der Waals surface area contributed by atoms with E-state index in [1.807, 2.05) is 0 Å². The minimum atomic E-state index is 0.729. The van der Waals surface area contributed by atoms with E-state index in [1.54, 1.807) is 0 Å². The molecule has 1 unspecified atom stereocenters. The Balaban J connectivity index is 1.72. The molecule has 1 fully saturated rings. The van der Waals surface area contributed by atoms with E-state index in [1.165, 1.54) is 49.2 Å². The Morgan fingerprint density at radius 2 is 2.26 bits per heavy atom. The van der Waals surface area contributed by atoms with Crippen molar-refractivity contribution in [1.82, 2.24) is 9.80 Å². The molecule has 104 valence electrons. The van der Waals surface area contributed by atoms with Crippen molar-refractivity contribution in [3.63, 3.8) is 0 Å². The highest BCUT2D eigenvalue weighted by Crippen LogP contribution is 2.29. The SMILES string of the molecule is CN(C)CC1CCCN1Cc1cccc2c1NCC2. The molecule has 0 radical (unpaired) electrons. The monoisotopic (exact) mass is 259 g/mol. The maximum absolute atomic E-state index is 3.56. The fourth-order valence-electron chi connectivity index (χ4n) is 3.49. The van der Waals surface area contributed by atoms with Crippen molar-refractivity contribution in [2.24, 2.45) is 0 Å². The van der Waals surface area contributed by atoms with Gasteiger partial charge in [0.2, 0.25) is 0 Å². The van der Waals surface area contributed by atoms with Gasteiger partial charge in [0, 0.05) is 31.4 Å². The summed E-state index contributed by atoms with van der Waals surface area (Å²) in [7, 11) is 4.36. The third kappa shape index (κ3) is 2.77. The smallest absolute Gasteiger partial charge is 0.0419 e. The van der Waals surface area contributed by atoms with Gasteiger partial charge in [-0.05, 0) is 51.0 Å². The van der Waals surface area contributed by atoms with Gasteiger partial charge in [0.15, 0.2) is 0 Å². The normalized spacial score (nSPS) is 22.8. The number of hydrogen-bond acceptors (Lipinski definition) is 3. The summed E-state index contributed by atoms with van der Waals surface area (Å²) in [5.74, 6) is 0. The van der Waals surface area contributed by atoms with E-state index in [4.69, 9.17) is 0 Å². The van der Waals surface area contributed by atoms with Crippen molar-refractivity contribution in [3.05, 3.63) is 29.3 Å². The number of para-hydroxylation sites is 1. The molecule has 19 heavy (non-hydrogen) atoms. The van der Waals surface area contributed by atoms with Crippen molar-refractivity contribution in [3.8, 4) is 0 Å². The van der Waals surface area contributed by atoms with E-state index in [0.29, 0.717) is 0 Å². The van der Waals surface area contributed by atoms with Gasteiger partial charge in [0.1, 0.15) is 0 Å². The second-order valence-corrected chi connectivity index (χ2v) is 6.16. The number of likely N-dealkylation sites (N-methyl/N-ethyl adjacent to an activating group) is 1. The van der Waals surface area contributed by atoms with E-state index in [-0.39, 0.29) is 0 Å². The number of nitrogens with zero attached hydrogens (tertiary/aromatic N) is 2. The largest absolute Gasteiger partial charge is 0.384 e. The van der Waals surface area contributed by atoms with Crippen LogP contribution in [-0.2, 0) is 13.0 Å². The zero-order chi connectivity index (χ0) is 13.2. The first kappa shape index (κ1) is 12.9. The van der Waals surface area contributed by atoms with Crippen LogP contribution in [-0.4, -0.2) is 49.6 Å². The molecule has 0 saturated carbocycles. The Kier molecular flexibility index (Phi) is 3.76. The topological polar surface area (TPSA) is 18.5 Å². The van der Waals surface area contributed by atoms with Gasteiger partial charge in [-0.3, -0.25) is 4.90 Å². The molecule has 0 amide bonds. The minimum Gasteiger partial charge on any atom is -0.384 e. The first-order chi connectivity index (χ1) is 9.24. The summed E-state index contributed by atoms with van der Waals surface area (Å²) in [5, 5.41) is 3.56. The minimum absolute atomic E-state index is 0.729. The van der Waals surface area contributed by atoms with Crippen molar-refractivity contribution in [1.29, 1.82) is 0 Å². The fraction of sp³-hybridized carbons (Fsp3) is 0.625. The standard InChI is InChI=1S/C16H25N3/c1-18(2)12-15-7-4-10-19(15)11-14-6-3-5-13-8-9-17-16(13)14/h3,5-6,15,17H,4,7-12H2,1-2H3. The average Bonchev–Trinajstić information content (AvgIpc) is 2.99. The van der Waals surface area contributed by atoms with Crippen molar-refractivity contribution >= 4 is 5.69 Å². The third-order valence-electron chi connectivity index (χ3n) is 4.38. The van der Waals surface area contributed by atoms with Crippen LogP contribution in [0.4, 0.5) is 5.69 Å². The molecule has 0 aromatic heterocycles. The number of likely N-dealkylation sites (tertiary alicyclic amines) is 1. The number of nitrogens with one attached hydrogen (secondary N) is 1. The molecule has 3 heteroatoms. The predicted octanol–water partition coefficient (Wildman–Crippen LogP) is 2.18. The summed E-state index contributed by atoms with van der Waals surface area (Å²) in [6, 6.07) is 7.51. The lowest BCUT2D eigenvalue weighted by Gasteiger charge is -2.27. The van der Waals surface area contributed by atoms with Gasteiger partial charge in [0.25, 0.3) is 0 Å². The molecule has 1 saturated heterocycles. The molecule has 1 aromatic rings. The summed E-state index contributed by atoms with van der Waals surface area (Å²) >= 11 is 0. The van der Waals surface area contributed by atoms with Crippen LogP contribution in [0.1, 0.15) is 24.0 Å². The molecule has 2 aliphatic heterocycles. The number of anilines is 1. The molecule has 0 spiro atoms. The lowest BCUT2D eigenvalue weighted by molar-refractivity contribution is 0.201. The highest BCUT2D eigenvalue weighted by Gasteiger charge is 2.26. The maximum atomic E-state index is 3.56. The van der Waals surface area contributed by atoms with Crippen molar-refractivity contribution in [2.45, 2.75) is 31.8 Å². The first-order valence-corrected chi connectivity index (χ1v) is 7.47. The van der Waals surface area contributed by atoms with E-state index >= 15 is 0 Å². The number of rotatable bonds is 4. The summed E-state index contributed by atoms with van der Waals surface area (Å²) in [4.78, 5) is 4.98. The molecule has 3 nitrogen and oxygen atoms in total. The summed E-state index contributed by atoms with van der Waals surface area (Å²) in [5.41, 5.74) is 4.40. The van der Waals surface area contributed by atoms with Crippen LogP contribution in [0.5, 0.6) is 0 Å². The van der Waals surface area contributed by atoms with Crippen LogP contribution >= 0.6 is 0 Å². The molecular weight excluding hydrogens is 234 g/mol. The van der Waals surface area contributed by atoms with E-state index in [2.05, 4.69) is 47.4 Å². The van der Waals surface area contributed by atoms with E-state index in [0.717, 1.165) is 19.1 Å². The molecule has 2 heterocycles. The van der Waals surface area contributed by atoms with Crippen molar-refractivity contribution < 1.29 is 0 Å². The van der Waals surface area contributed by atoms with Crippen LogP contribution in [0.15, 0.2) is 18.2 Å². The average molecular weight is 259 g/mol. The fourth-order valence-corrected chi connectivity index (χ4v) is 3.49. The number of hydrogen-bond donors (Lipinski definition) is 1. The second kappa shape index (κ2) is 5.51. The summed E-state index contributed by atoms with van der Waals surface area (Å²) in [6.07, 6.45) is 3.88. The van der Waals surface area contributed by atoms with Crippen LogP contribution < -0.4 is 5.32 Å². The van der Waals surface area contributed by atoms with Crippen LogP contribution in [0.25, 0.3) is 0 Å². The molecule has 0 bridgehead atoms. The molecule has 1 aromatic carbocycles. The lowest BCUT2D eigenvalue weighted by Crippen LogP contribution is -2.37. The van der Waals surface area contributed by atoms with Gasteiger partial charge >= 0.3 is 0 Å². The highest BCUT2D eigenvalue weighted by atomic mass is 15.2. The Bertz CT molecular complexity index is 442. The highest BCUT2D eigenvalue weighted by molar-refractivity contribution is 5.61. The maximum Gasteiger partial charge on any atom is 0.0419 e. The van der Waals surface area contributed by atoms with Gasteiger partial charge in [-0.15, -0.1) is 0 Å². The van der Waals surface area contributed by atoms with Gasteiger partial charge < -0.3 is 10.2 Å². The molecular formula is C16H25N3. The van der Waals surface area contributed by atoms with E-state index in [9.17, 15) is 0 Å². The Morgan fingerprint density at radius 1 is 1.37 bits per heavy atom. The van der Waals surface area contributed by atoms with Gasteiger partial charge in [-0.2, -0.15) is 0 Å². The van der Waals surface area contributed by atoms with Gasteiger partial charge in [0.05, 0.1) is 0 Å². The molecule has 1 atom stereocenters. The van der Waals surface area contributed by atoms with Crippen LogP contribution in [0.3, 0.4) is 0 Å². The van der Waals surface area contributed by atoms with Crippen LogP contribution in [0.2, 0.25) is 0 Å². The van der Waals surface area contributed by atoms with E-state index < -0.39 is 0 Å². The molecule has 3 rings (SSSR count). The Hall–Kier alpha value is -1.06.